The molecule has 0 spiro atoms. The summed E-state index contributed by atoms with van der Waals surface area (Å²) in [5, 5.41) is 13.7. The van der Waals surface area contributed by atoms with E-state index in [0.29, 0.717) is 12.4 Å². The molecule has 7 nitrogen and oxygen atoms in total. The summed E-state index contributed by atoms with van der Waals surface area (Å²) in [6.45, 7) is 0.609. The Morgan fingerprint density at radius 2 is 2.05 bits per heavy atom. The minimum atomic E-state index is -0.494. The Balaban J connectivity index is 1.98. The van der Waals surface area contributed by atoms with Crippen LogP contribution in [-0.2, 0) is 6.42 Å². The van der Waals surface area contributed by atoms with E-state index in [9.17, 15) is 10.1 Å². The first-order valence-electron chi connectivity index (χ1n) is 5.70. The average Bonchev–Trinajstić information content (AvgIpc) is 2.39. The quantitative estimate of drug-likeness (QED) is 0.624. The van der Waals surface area contributed by atoms with Crippen LogP contribution in [0.2, 0.25) is 0 Å². The van der Waals surface area contributed by atoms with Crippen LogP contribution >= 0.6 is 0 Å². The van der Waals surface area contributed by atoms with Gasteiger partial charge < -0.3 is 11.1 Å². The van der Waals surface area contributed by atoms with Crippen LogP contribution in [0.3, 0.4) is 0 Å². The Labute approximate surface area is 109 Å². The molecule has 0 atom stereocenters. The summed E-state index contributed by atoms with van der Waals surface area (Å²) >= 11 is 0. The van der Waals surface area contributed by atoms with Crippen molar-refractivity contribution in [3.63, 3.8) is 0 Å². The molecule has 0 aromatic carbocycles. The van der Waals surface area contributed by atoms with Gasteiger partial charge in [0, 0.05) is 18.9 Å². The number of rotatable bonds is 5. The number of hydrogen-bond donors (Lipinski definition) is 2. The summed E-state index contributed by atoms with van der Waals surface area (Å²) in [5.74, 6) is 0.529. The van der Waals surface area contributed by atoms with Crippen molar-refractivity contribution in [1.82, 2.24) is 9.97 Å². The summed E-state index contributed by atoms with van der Waals surface area (Å²) < 4.78 is 0. The number of nitrogens with zero attached hydrogens (tertiary/aromatic N) is 3. The van der Waals surface area contributed by atoms with E-state index in [2.05, 4.69) is 15.3 Å². The molecule has 2 heterocycles. The van der Waals surface area contributed by atoms with E-state index < -0.39 is 4.92 Å². The first-order chi connectivity index (χ1) is 9.15. The van der Waals surface area contributed by atoms with E-state index >= 15 is 0 Å². The number of hydrogen-bond acceptors (Lipinski definition) is 6. The van der Waals surface area contributed by atoms with E-state index in [1.807, 2.05) is 12.1 Å². The van der Waals surface area contributed by atoms with Gasteiger partial charge in [-0.25, -0.2) is 4.98 Å². The summed E-state index contributed by atoms with van der Waals surface area (Å²) in [5.41, 5.74) is 6.57. The summed E-state index contributed by atoms with van der Waals surface area (Å²) in [6, 6.07) is 6.42. The normalized spacial score (nSPS) is 10.1. The van der Waals surface area contributed by atoms with Gasteiger partial charge in [-0.1, -0.05) is 0 Å². The van der Waals surface area contributed by atoms with E-state index in [1.54, 1.807) is 12.4 Å². The number of nitrogens with one attached hydrogen (secondary N) is 1. The predicted molar refractivity (Wildman–Crippen MR) is 71.7 cm³/mol. The highest BCUT2D eigenvalue weighted by molar-refractivity contribution is 5.52. The number of aromatic nitrogens is 2. The fraction of sp³-hybridized carbons (Fsp3) is 0.167. The maximum absolute atomic E-state index is 10.7. The van der Waals surface area contributed by atoms with Crippen molar-refractivity contribution in [2.45, 2.75) is 6.42 Å². The molecule has 2 aromatic rings. The van der Waals surface area contributed by atoms with Crippen molar-refractivity contribution >= 4 is 17.3 Å². The number of pyridine rings is 2. The van der Waals surface area contributed by atoms with Gasteiger partial charge in [0.25, 0.3) is 5.69 Å². The molecule has 0 saturated heterocycles. The maximum atomic E-state index is 10.7. The van der Waals surface area contributed by atoms with Crippen molar-refractivity contribution in [2.75, 3.05) is 17.6 Å². The first-order valence-corrected chi connectivity index (χ1v) is 5.70. The van der Waals surface area contributed by atoms with Crippen molar-refractivity contribution in [3.05, 3.63) is 52.3 Å². The lowest BCUT2D eigenvalue weighted by molar-refractivity contribution is -0.384. The topological polar surface area (TPSA) is 107 Å². The largest absolute Gasteiger partial charge is 0.383 e. The molecule has 19 heavy (non-hydrogen) atoms. The van der Waals surface area contributed by atoms with Gasteiger partial charge in [0.05, 0.1) is 17.1 Å². The zero-order valence-corrected chi connectivity index (χ0v) is 10.1. The van der Waals surface area contributed by atoms with Gasteiger partial charge in [0.1, 0.15) is 11.6 Å². The van der Waals surface area contributed by atoms with Crippen LogP contribution in [-0.4, -0.2) is 21.4 Å². The number of nitrogens with two attached hydrogens (primary N) is 1. The van der Waals surface area contributed by atoms with Gasteiger partial charge in [-0.05, 0) is 24.1 Å². The molecule has 2 rings (SSSR count). The van der Waals surface area contributed by atoms with Crippen LogP contribution in [0.25, 0.3) is 0 Å². The minimum Gasteiger partial charge on any atom is -0.383 e. The molecule has 98 valence electrons. The molecule has 0 bridgehead atoms. The fourth-order valence-corrected chi connectivity index (χ4v) is 1.62. The molecule has 0 aliphatic rings. The lowest BCUT2D eigenvalue weighted by atomic mass is 10.2. The van der Waals surface area contributed by atoms with Crippen molar-refractivity contribution in [2.24, 2.45) is 0 Å². The standard InChI is InChI=1S/C12H13N5O2/c13-11-7-10(17(18)19)8-12(16-11)15-6-3-9-1-4-14-5-2-9/h1-2,4-5,7-8H,3,6H2,(H3,13,15,16). The van der Waals surface area contributed by atoms with Gasteiger partial charge in [-0.2, -0.15) is 0 Å². The van der Waals surface area contributed by atoms with Crippen LogP contribution in [0.4, 0.5) is 17.3 Å². The lowest BCUT2D eigenvalue weighted by Gasteiger charge is -2.06. The molecular weight excluding hydrogens is 246 g/mol. The molecule has 0 aliphatic heterocycles. The second-order valence-electron chi connectivity index (χ2n) is 3.92. The van der Waals surface area contributed by atoms with Gasteiger partial charge in [0.2, 0.25) is 0 Å². The van der Waals surface area contributed by atoms with Gasteiger partial charge >= 0.3 is 0 Å². The molecule has 0 radical (unpaired) electrons. The molecule has 7 heteroatoms. The molecule has 0 fully saturated rings. The second-order valence-corrected chi connectivity index (χ2v) is 3.92. The second kappa shape index (κ2) is 5.76. The van der Waals surface area contributed by atoms with Gasteiger partial charge in [-0.15, -0.1) is 0 Å². The molecule has 3 N–H and O–H groups in total. The Bertz CT molecular complexity index is 574. The van der Waals surface area contributed by atoms with Crippen molar-refractivity contribution < 1.29 is 4.92 Å². The molecule has 0 saturated carbocycles. The molecule has 2 aromatic heterocycles. The summed E-state index contributed by atoms with van der Waals surface area (Å²) in [7, 11) is 0. The first kappa shape index (κ1) is 12.7. The monoisotopic (exact) mass is 259 g/mol. The molecule has 0 aliphatic carbocycles. The number of nitrogen functional groups attached to an aromatic ring is 1. The minimum absolute atomic E-state index is 0.0705. The van der Waals surface area contributed by atoms with E-state index in [4.69, 9.17) is 5.73 Å². The zero-order valence-electron chi connectivity index (χ0n) is 10.1. The van der Waals surface area contributed by atoms with Gasteiger partial charge in [0.15, 0.2) is 0 Å². The summed E-state index contributed by atoms with van der Waals surface area (Å²) in [6.07, 6.45) is 4.21. The predicted octanol–water partition coefficient (Wildman–Crippen LogP) is 1.62. The Kier molecular flexibility index (Phi) is 3.87. The zero-order chi connectivity index (χ0) is 13.7. The third-order valence-corrected chi connectivity index (χ3v) is 2.51. The van der Waals surface area contributed by atoms with E-state index in [-0.39, 0.29) is 11.5 Å². The summed E-state index contributed by atoms with van der Waals surface area (Å²) in [4.78, 5) is 18.1. The molecule has 0 amide bonds. The van der Waals surface area contributed by atoms with Gasteiger partial charge in [-0.3, -0.25) is 15.1 Å². The van der Waals surface area contributed by atoms with Crippen molar-refractivity contribution in [1.29, 1.82) is 0 Å². The fourth-order valence-electron chi connectivity index (χ4n) is 1.62. The Morgan fingerprint density at radius 3 is 2.74 bits per heavy atom. The van der Waals surface area contributed by atoms with Crippen LogP contribution < -0.4 is 11.1 Å². The van der Waals surface area contributed by atoms with Crippen LogP contribution in [0.5, 0.6) is 0 Å². The smallest absolute Gasteiger partial charge is 0.276 e. The Hall–Kier alpha value is -2.70. The third kappa shape index (κ3) is 3.63. The molecular formula is C12H13N5O2. The van der Waals surface area contributed by atoms with E-state index in [0.717, 1.165) is 12.0 Å². The SMILES string of the molecule is Nc1cc([N+](=O)[O-])cc(NCCc2ccncc2)n1. The van der Waals surface area contributed by atoms with Crippen LogP contribution in [0.1, 0.15) is 5.56 Å². The van der Waals surface area contributed by atoms with Crippen LogP contribution in [0, 0.1) is 10.1 Å². The maximum Gasteiger partial charge on any atom is 0.276 e. The molecule has 0 unspecified atom stereocenters. The van der Waals surface area contributed by atoms with Crippen molar-refractivity contribution in [3.8, 4) is 0 Å². The van der Waals surface area contributed by atoms with E-state index in [1.165, 1.54) is 12.1 Å². The average molecular weight is 259 g/mol. The highest BCUT2D eigenvalue weighted by Gasteiger charge is 2.09. The highest BCUT2D eigenvalue weighted by atomic mass is 16.6. The number of nitro groups is 1. The van der Waals surface area contributed by atoms with Crippen LogP contribution in [0.15, 0.2) is 36.7 Å². The Morgan fingerprint density at radius 1 is 1.32 bits per heavy atom. The third-order valence-electron chi connectivity index (χ3n) is 2.51. The highest BCUT2D eigenvalue weighted by Crippen LogP contribution is 2.18. The number of anilines is 2. The lowest BCUT2D eigenvalue weighted by Crippen LogP contribution is -2.07.